The Labute approximate surface area is 167 Å². The minimum atomic E-state index is -3.94. The van der Waals surface area contributed by atoms with E-state index in [4.69, 9.17) is 14.2 Å². The standard InChI is InChI=1S/C16H22N4O6S2/c1-9(2)14(21)18-15-19-20-16(27-15)28(22,23)17-8-10-6-7-11(24-3)13(26-5)12(10)25-4/h6-7,9,17H,8H2,1-5H3,(H,18,19,21). The molecule has 0 spiro atoms. The molecule has 0 saturated heterocycles. The van der Waals surface area contributed by atoms with E-state index in [0.29, 0.717) is 22.8 Å². The summed E-state index contributed by atoms with van der Waals surface area (Å²) < 4.78 is 43.0. The lowest BCUT2D eigenvalue weighted by Crippen LogP contribution is -2.23. The van der Waals surface area contributed by atoms with Crippen LogP contribution < -0.4 is 24.2 Å². The van der Waals surface area contributed by atoms with Gasteiger partial charge in [-0.25, -0.2) is 13.1 Å². The number of sulfonamides is 1. The first kappa shape index (κ1) is 21.9. The monoisotopic (exact) mass is 430 g/mol. The second kappa shape index (κ2) is 9.17. The molecule has 0 saturated carbocycles. The van der Waals surface area contributed by atoms with E-state index in [1.807, 2.05) is 0 Å². The van der Waals surface area contributed by atoms with Gasteiger partial charge in [0.05, 0.1) is 21.3 Å². The third-order valence-corrected chi connectivity index (χ3v) is 6.24. The molecule has 2 aromatic rings. The summed E-state index contributed by atoms with van der Waals surface area (Å²) in [7, 11) is 0.462. The molecule has 10 nitrogen and oxygen atoms in total. The van der Waals surface area contributed by atoms with Gasteiger partial charge in [0.1, 0.15) is 0 Å². The summed E-state index contributed by atoms with van der Waals surface area (Å²) >= 11 is 0.764. The Bertz CT molecular complexity index is 943. The Morgan fingerprint density at radius 1 is 1.11 bits per heavy atom. The highest BCUT2D eigenvalue weighted by Gasteiger charge is 2.23. The minimum Gasteiger partial charge on any atom is -0.493 e. The van der Waals surface area contributed by atoms with E-state index in [1.165, 1.54) is 21.3 Å². The largest absolute Gasteiger partial charge is 0.493 e. The zero-order valence-corrected chi connectivity index (χ0v) is 17.7. The molecule has 0 aliphatic heterocycles. The second-order valence-electron chi connectivity index (χ2n) is 5.84. The minimum absolute atomic E-state index is 0.0703. The number of aromatic nitrogens is 2. The highest BCUT2D eigenvalue weighted by Crippen LogP contribution is 2.39. The Kier molecular flexibility index (Phi) is 7.16. The number of ether oxygens (including phenoxy) is 3. The molecular formula is C16H22N4O6S2. The quantitative estimate of drug-likeness (QED) is 0.575. The van der Waals surface area contributed by atoms with Crippen LogP contribution in [-0.4, -0.2) is 45.9 Å². The smallest absolute Gasteiger partial charge is 0.270 e. The van der Waals surface area contributed by atoms with Gasteiger partial charge in [-0.2, -0.15) is 0 Å². The molecule has 0 aliphatic rings. The lowest BCUT2D eigenvalue weighted by Gasteiger charge is -2.15. The maximum absolute atomic E-state index is 12.5. The van der Waals surface area contributed by atoms with Gasteiger partial charge >= 0.3 is 0 Å². The molecule has 1 aromatic carbocycles. The van der Waals surface area contributed by atoms with Crippen LogP contribution >= 0.6 is 11.3 Å². The lowest BCUT2D eigenvalue weighted by molar-refractivity contribution is -0.118. The van der Waals surface area contributed by atoms with Crippen LogP contribution in [0.15, 0.2) is 16.5 Å². The molecule has 0 radical (unpaired) electrons. The summed E-state index contributed by atoms with van der Waals surface area (Å²) in [5.74, 6) is 0.631. The van der Waals surface area contributed by atoms with E-state index in [2.05, 4.69) is 20.2 Å². The van der Waals surface area contributed by atoms with Gasteiger partial charge in [-0.15, -0.1) is 10.2 Å². The number of benzene rings is 1. The molecular weight excluding hydrogens is 408 g/mol. The molecule has 0 bridgehead atoms. The van der Waals surface area contributed by atoms with Crippen LogP contribution in [0.5, 0.6) is 17.2 Å². The molecule has 2 rings (SSSR count). The number of methoxy groups -OCH3 is 3. The summed E-state index contributed by atoms with van der Waals surface area (Å²) in [4.78, 5) is 11.7. The number of anilines is 1. The SMILES string of the molecule is COc1ccc(CNS(=O)(=O)c2nnc(NC(=O)C(C)C)s2)c(OC)c1OC. The van der Waals surface area contributed by atoms with Gasteiger partial charge in [-0.1, -0.05) is 31.3 Å². The first-order valence-electron chi connectivity index (χ1n) is 8.15. The van der Waals surface area contributed by atoms with E-state index >= 15 is 0 Å². The summed E-state index contributed by atoms with van der Waals surface area (Å²) in [6.45, 7) is 3.36. The number of nitrogens with zero attached hydrogens (tertiary/aromatic N) is 2. The van der Waals surface area contributed by atoms with Crippen LogP contribution in [0.2, 0.25) is 0 Å². The van der Waals surface area contributed by atoms with E-state index in [9.17, 15) is 13.2 Å². The van der Waals surface area contributed by atoms with Crippen molar-refractivity contribution in [3.63, 3.8) is 0 Å². The number of rotatable bonds is 9. The van der Waals surface area contributed by atoms with Gasteiger partial charge < -0.3 is 19.5 Å². The fourth-order valence-electron chi connectivity index (χ4n) is 2.16. The van der Waals surface area contributed by atoms with Crippen molar-refractivity contribution in [3.8, 4) is 17.2 Å². The topological polar surface area (TPSA) is 129 Å². The Balaban J connectivity index is 2.18. The molecule has 12 heteroatoms. The van der Waals surface area contributed by atoms with Crippen LogP contribution in [0.1, 0.15) is 19.4 Å². The Morgan fingerprint density at radius 3 is 2.36 bits per heavy atom. The number of amides is 1. The average Bonchev–Trinajstić information content (AvgIpc) is 3.14. The molecule has 2 N–H and O–H groups in total. The van der Waals surface area contributed by atoms with E-state index in [0.717, 1.165) is 11.3 Å². The number of carbonyl (C=O) groups excluding carboxylic acids is 1. The molecule has 1 aromatic heterocycles. The maximum Gasteiger partial charge on any atom is 0.270 e. The second-order valence-corrected chi connectivity index (χ2v) is 8.75. The summed E-state index contributed by atoms with van der Waals surface area (Å²) in [5, 5.41) is 9.97. The number of nitrogens with one attached hydrogen (secondary N) is 2. The van der Waals surface area contributed by atoms with Gasteiger partial charge in [0, 0.05) is 18.0 Å². The van der Waals surface area contributed by atoms with E-state index < -0.39 is 10.0 Å². The van der Waals surface area contributed by atoms with Crippen LogP contribution in [-0.2, 0) is 21.4 Å². The van der Waals surface area contributed by atoms with Gasteiger partial charge in [0.15, 0.2) is 11.5 Å². The van der Waals surface area contributed by atoms with Crippen molar-refractivity contribution < 1.29 is 27.4 Å². The van der Waals surface area contributed by atoms with Crippen molar-refractivity contribution >= 4 is 32.4 Å². The van der Waals surface area contributed by atoms with Gasteiger partial charge in [0.2, 0.25) is 21.1 Å². The first-order chi connectivity index (χ1) is 13.2. The molecule has 0 fully saturated rings. The summed E-state index contributed by atoms with van der Waals surface area (Å²) in [5.41, 5.74) is 0.543. The highest BCUT2D eigenvalue weighted by molar-refractivity contribution is 7.91. The zero-order chi connectivity index (χ0) is 20.9. The first-order valence-corrected chi connectivity index (χ1v) is 10.4. The van der Waals surface area contributed by atoms with Crippen molar-refractivity contribution in [3.05, 3.63) is 17.7 Å². The summed E-state index contributed by atoms with van der Waals surface area (Å²) in [6.07, 6.45) is 0. The number of carbonyl (C=O) groups is 1. The third kappa shape index (κ3) is 4.88. The normalized spacial score (nSPS) is 11.4. The van der Waals surface area contributed by atoms with Gasteiger partial charge in [-0.05, 0) is 6.07 Å². The average molecular weight is 431 g/mol. The van der Waals surface area contributed by atoms with Crippen LogP contribution in [0.3, 0.4) is 0 Å². The van der Waals surface area contributed by atoms with Crippen molar-refractivity contribution in [2.45, 2.75) is 24.7 Å². The van der Waals surface area contributed by atoms with Crippen LogP contribution in [0.25, 0.3) is 0 Å². The molecule has 28 heavy (non-hydrogen) atoms. The molecule has 1 amide bonds. The third-order valence-electron chi connectivity index (χ3n) is 3.63. The fourth-order valence-corrected chi connectivity index (χ4v) is 4.11. The summed E-state index contributed by atoms with van der Waals surface area (Å²) in [6, 6.07) is 3.31. The van der Waals surface area contributed by atoms with E-state index in [-0.39, 0.29) is 27.8 Å². The molecule has 0 aliphatic carbocycles. The van der Waals surface area contributed by atoms with Crippen LogP contribution in [0, 0.1) is 5.92 Å². The molecule has 154 valence electrons. The van der Waals surface area contributed by atoms with Gasteiger partial charge in [-0.3, -0.25) is 4.79 Å². The molecule has 1 heterocycles. The number of hydrogen-bond acceptors (Lipinski definition) is 9. The highest BCUT2D eigenvalue weighted by atomic mass is 32.2. The van der Waals surface area contributed by atoms with E-state index in [1.54, 1.807) is 26.0 Å². The van der Waals surface area contributed by atoms with Crippen LogP contribution in [0.4, 0.5) is 5.13 Å². The lowest BCUT2D eigenvalue weighted by atomic mass is 10.1. The Hall–Kier alpha value is -2.44. The van der Waals surface area contributed by atoms with Crippen molar-refractivity contribution in [1.82, 2.24) is 14.9 Å². The van der Waals surface area contributed by atoms with Crippen molar-refractivity contribution in [1.29, 1.82) is 0 Å². The van der Waals surface area contributed by atoms with Gasteiger partial charge in [0.25, 0.3) is 10.0 Å². The Morgan fingerprint density at radius 2 is 1.79 bits per heavy atom. The van der Waals surface area contributed by atoms with Crippen molar-refractivity contribution in [2.75, 3.05) is 26.6 Å². The predicted octanol–water partition coefficient (Wildman–Crippen LogP) is 1.64. The fraction of sp³-hybridized carbons (Fsp3) is 0.438. The molecule has 0 atom stereocenters. The molecule has 0 unspecified atom stereocenters. The predicted molar refractivity (Wildman–Crippen MR) is 104 cm³/mol. The van der Waals surface area contributed by atoms with Crippen molar-refractivity contribution in [2.24, 2.45) is 5.92 Å². The zero-order valence-electron chi connectivity index (χ0n) is 16.1. The number of hydrogen-bond donors (Lipinski definition) is 2. The maximum atomic E-state index is 12.5.